The summed E-state index contributed by atoms with van der Waals surface area (Å²) in [6, 6.07) is 22.0. The Morgan fingerprint density at radius 1 is 0.963 bits per heavy atom. The maximum Gasteiger partial charge on any atom is 0.251 e. The minimum absolute atomic E-state index is 0.0488. The Kier molecular flexibility index (Phi) is 4.87. The molecule has 1 heterocycles. The molecule has 0 unspecified atom stereocenters. The van der Waals surface area contributed by atoms with Crippen molar-refractivity contribution in [2.75, 3.05) is 6.54 Å². The van der Waals surface area contributed by atoms with Gasteiger partial charge in [-0.25, -0.2) is 0 Å². The van der Waals surface area contributed by atoms with Gasteiger partial charge in [-0.15, -0.1) is 0 Å². The van der Waals surface area contributed by atoms with Crippen LogP contribution in [0.3, 0.4) is 0 Å². The molecule has 0 radical (unpaired) electrons. The predicted molar refractivity (Wildman–Crippen MR) is 113 cm³/mol. The predicted octanol–water partition coefficient (Wildman–Crippen LogP) is 5.44. The first-order valence-electron chi connectivity index (χ1n) is 9.21. The van der Waals surface area contributed by atoms with Gasteiger partial charge in [-0.2, -0.15) is 0 Å². The van der Waals surface area contributed by atoms with Crippen LogP contribution < -0.4 is 5.32 Å². The molecule has 0 saturated heterocycles. The van der Waals surface area contributed by atoms with Crippen molar-refractivity contribution in [3.63, 3.8) is 0 Å². The molecule has 0 aliphatic heterocycles. The zero-order chi connectivity index (χ0) is 18.8. The van der Waals surface area contributed by atoms with E-state index in [0.29, 0.717) is 12.1 Å². The zero-order valence-electron chi connectivity index (χ0n) is 15.2. The summed E-state index contributed by atoms with van der Waals surface area (Å²) >= 11 is 6.01. The number of hydrogen-bond donors (Lipinski definition) is 1. The van der Waals surface area contributed by atoms with E-state index in [0.717, 1.165) is 34.5 Å². The largest absolute Gasteiger partial charge is 0.352 e. The standard InChI is InChI=1S/C23H21ClN2O/c1-2-26-21-9-4-3-8-19(21)20-15-17(10-11-22(20)26)23(27)25-13-12-16-6-5-7-18(24)14-16/h3-11,14-15H,2,12-13H2,1H3,(H,25,27). The highest BCUT2D eigenvalue weighted by Gasteiger charge is 2.12. The fraction of sp³-hybridized carbons (Fsp3) is 0.174. The number of rotatable bonds is 5. The summed E-state index contributed by atoms with van der Waals surface area (Å²) in [7, 11) is 0. The van der Waals surface area contributed by atoms with Gasteiger partial charge in [-0.3, -0.25) is 4.79 Å². The van der Waals surface area contributed by atoms with E-state index in [1.807, 2.05) is 48.5 Å². The van der Waals surface area contributed by atoms with Crippen molar-refractivity contribution in [1.82, 2.24) is 9.88 Å². The molecule has 4 heteroatoms. The second-order valence-electron chi connectivity index (χ2n) is 6.63. The van der Waals surface area contributed by atoms with Crippen molar-refractivity contribution in [2.45, 2.75) is 19.9 Å². The first kappa shape index (κ1) is 17.6. The highest BCUT2D eigenvalue weighted by Crippen LogP contribution is 2.29. The third-order valence-electron chi connectivity index (χ3n) is 4.94. The second-order valence-corrected chi connectivity index (χ2v) is 7.07. The van der Waals surface area contributed by atoms with E-state index < -0.39 is 0 Å². The number of fused-ring (bicyclic) bond motifs is 3. The van der Waals surface area contributed by atoms with E-state index in [2.05, 4.69) is 35.0 Å². The van der Waals surface area contributed by atoms with Gasteiger partial charge in [0.05, 0.1) is 0 Å². The molecule has 4 aromatic rings. The first-order valence-corrected chi connectivity index (χ1v) is 9.59. The van der Waals surface area contributed by atoms with Gasteiger partial charge in [0, 0.05) is 45.5 Å². The topological polar surface area (TPSA) is 34.0 Å². The number of para-hydroxylation sites is 1. The molecular formula is C23H21ClN2O. The van der Waals surface area contributed by atoms with Crippen LogP contribution in [0.25, 0.3) is 21.8 Å². The van der Waals surface area contributed by atoms with E-state index in [1.165, 1.54) is 10.9 Å². The van der Waals surface area contributed by atoms with E-state index in [-0.39, 0.29) is 5.91 Å². The highest BCUT2D eigenvalue weighted by atomic mass is 35.5. The number of aromatic nitrogens is 1. The zero-order valence-corrected chi connectivity index (χ0v) is 16.0. The molecule has 0 aliphatic rings. The summed E-state index contributed by atoms with van der Waals surface area (Å²) in [4.78, 5) is 12.6. The molecule has 0 atom stereocenters. The van der Waals surface area contributed by atoms with Gasteiger partial charge in [-0.05, 0) is 55.3 Å². The van der Waals surface area contributed by atoms with Gasteiger partial charge in [0.15, 0.2) is 0 Å². The monoisotopic (exact) mass is 376 g/mol. The molecule has 136 valence electrons. The lowest BCUT2D eigenvalue weighted by Gasteiger charge is -2.07. The number of carbonyl (C=O) groups excluding carboxylic acids is 1. The van der Waals surface area contributed by atoms with Crippen LogP contribution in [0.2, 0.25) is 5.02 Å². The number of nitrogens with one attached hydrogen (secondary N) is 1. The Labute approximate surface area is 163 Å². The maximum absolute atomic E-state index is 12.6. The Bertz CT molecular complexity index is 1130. The van der Waals surface area contributed by atoms with Crippen LogP contribution in [-0.4, -0.2) is 17.0 Å². The molecule has 1 N–H and O–H groups in total. The van der Waals surface area contributed by atoms with Crippen molar-refractivity contribution < 1.29 is 4.79 Å². The van der Waals surface area contributed by atoms with Crippen LogP contribution in [0, 0.1) is 0 Å². The molecule has 27 heavy (non-hydrogen) atoms. The number of benzene rings is 3. The van der Waals surface area contributed by atoms with Gasteiger partial charge in [0.1, 0.15) is 0 Å². The van der Waals surface area contributed by atoms with Crippen LogP contribution >= 0.6 is 11.6 Å². The van der Waals surface area contributed by atoms with Crippen molar-refractivity contribution in [2.24, 2.45) is 0 Å². The van der Waals surface area contributed by atoms with Crippen LogP contribution in [0.1, 0.15) is 22.8 Å². The Morgan fingerprint density at radius 3 is 2.59 bits per heavy atom. The van der Waals surface area contributed by atoms with Gasteiger partial charge < -0.3 is 9.88 Å². The highest BCUT2D eigenvalue weighted by molar-refractivity contribution is 6.30. The molecule has 3 nitrogen and oxygen atoms in total. The summed E-state index contributed by atoms with van der Waals surface area (Å²) in [6.07, 6.45) is 0.754. The molecule has 4 rings (SSSR count). The minimum atomic E-state index is -0.0488. The third-order valence-corrected chi connectivity index (χ3v) is 5.17. The number of carbonyl (C=O) groups is 1. The number of amides is 1. The lowest BCUT2D eigenvalue weighted by molar-refractivity contribution is 0.0954. The van der Waals surface area contributed by atoms with E-state index in [4.69, 9.17) is 11.6 Å². The van der Waals surface area contributed by atoms with Gasteiger partial charge >= 0.3 is 0 Å². The fourth-order valence-corrected chi connectivity index (χ4v) is 3.86. The average molecular weight is 377 g/mol. The van der Waals surface area contributed by atoms with E-state index >= 15 is 0 Å². The van der Waals surface area contributed by atoms with Crippen LogP contribution in [0.4, 0.5) is 0 Å². The molecule has 1 amide bonds. The van der Waals surface area contributed by atoms with Crippen molar-refractivity contribution in [1.29, 1.82) is 0 Å². The van der Waals surface area contributed by atoms with Crippen molar-refractivity contribution in [3.05, 3.63) is 82.9 Å². The SMILES string of the molecule is CCn1c2ccccc2c2cc(C(=O)NCCc3cccc(Cl)c3)ccc21. The van der Waals surface area contributed by atoms with Gasteiger partial charge in [0.25, 0.3) is 5.91 Å². The summed E-state index contributed by atoms with van der Waals surface area (Å²) in [6.45, 7) is 3.62. The Hall–Kier alpha value is -2.78. The lowest BCUT2D eigenvalue weighted by atomic mass is 10.1. The molecule has 0 spiro atoms. The molecule has 1 aromatic heterocycles. The van der Waals surface area contributed by atoms with Crippen LogP contribution in [0.15, 0.2) is 66.7 Å². The summed E-state index contributed by atoms with van der Waals surface area (Å²) < 4.78 is 2.28. The van der Waals surface area contributed by atoms with Crippen LogP contribution in [0.5, 0.6) is 0 Å². The number of hydrogen-bond acceptors (Lipinski definition) is 1. The summed E-state index contributed by atoms with van der Waals surface area (Å²) in [5.74, 6) is -0.0488. The normalized spacial score (nSPS) is 11.2. The molecule has 0 bridgehead atoms. The molecular weight excluding hydrogens is 356 g/mol. The van der Waals surface area contributed by atoms with Crippen molar-refractivity contribution >= 4 is 39.3 Å². The smallest absolute Gasteiger partial charge is 0.251 e. The number of nitrogens with zero attached hydrogens (tertiary/aromatic N) is 1. The Morgan fingerprint density at radius 2 is 1.78 bits per heavy atom. The van der Waals surface area contributed by atoms with E-state index in [1.54, 1.807) is 0 Å². The minimum Gasteiger partial charge on any atom is -0.352 e. The van der Waals surface area contributed by atoms with Crippen molar-refractivity contribution in [3.8, 4) is 0 Å². The molecule has 0 saturated carbocycles. The van der Waals surface area contributed by atoms with E-state index in [9.17, 15) is 4.79 Å². The first-order chi connectivity index (χ1) is 13.2. The third kappa shape index (κ3) is 3.43. The Balaban J connectivity index is 1.56. The fourth-order valence-electron chi connectivity index (χ4n) is 3.65. The molecule has 0 fully saturated rings. The number of halogens is 1. The van der Waals surface area contributed by atoms with Gasteiger partial charge in [-0.1, -0.05) is 41.9 Å². The van der Waals surface area contributed by atoms with Gasteiger partial charge in [0.2, 0.25) is 0 Å². The maximum atomic E-state index is 12.6. The molecule has 3 aromatic carbocycles. The van der Waals surface area contributed by atoms with Crippen LogP contribution in [-0.2, 0) is 13.0 Å². The molecule has 0 aliphatic carbocycles. The summed E-state index contributed by atoms with van der Waals surface area (Å²) in [5, 5.41) is 6.03. The second kappa shape index (κ2) is 7.45. The number of aryl methyl sites for hydroxylation is 1. The summed E-state index contributed by atoms with van der Waals surface area (Å²) in [5.41, 5.74) is 4.17. The quantitative estimate of drug-likeness (QED) is 0.494. The lowest BCUT2D eigenvalue weighted by Crippen LogP contribution is -2.25. The average Bonchev–Trinajstić information content (AvgIpc) is 3.01.